The van der Waals surface area contributed by atoms with Crippen molar-refractivity contribution in [2.45, 2.75) is 169 Å². The van der Waals surface area contributed by atoms with Crippen molar-refractivity contribution in [2.24, 2.45) is 17.3 Å². The maximum atomic E-state index is 14.5. The number of likely N-dealkylation sites (N-methyl/N-ethyl adjacent to an activating group) is 2. The lowest BCUT2D eigenvalue weighted by Gasteiger charge is -2.40. The second-order valence-corrected chi connectivity index (χ2v) is 34.1. The zero-order valence-electron chi connectivity index (χ0n) is 79.7. The first-order valence-corrected chi connectivity index (χ1v) is 45.5. The summed E-state index contributed by atoms with van der Waals surface area (Å²) in [6.45, 7) is 26.1. The number of aromatic nitrogens is 3. The van der Waals surface area contributed by atoms with Gasteiger partial charge in [0.25, 0.3) is 0 Å². The molecule has 5 aromatic rings. The molecule has 0 spiro atoms. The molecule has 4 aromatic carbocycles. The van der Waals surface area contributed by atoms with E-state index < -0.39 is 125 Å². The number of methoxy groups -OCH3 is 1. The van der Waals surface area contributed by atoms with Crippen LogP contribution in [-0.2, 0) is 128 Å². The van der Waals surface area contributed by atoms with E-state index in [-0.39, 0.29) is 101 Å². The first-order chi connectivity index (χ1) is 64.2. The van der Waals surface area contributed by atoms with Crippen LogP contribution >= 0.6 is 0 Å². The van der Waals surface area contributed by atoms with Crippen molar-refractivity contribution in [2.75, 3.05) is 195 Å². The number of para-hydroxylation sites is 1. The van der Waals surface area contributed by atoms with E-state index in [1.54, 1.807) is 76.4 Å². The molecule has 6 atom stereocenters. The number of carbonyl (C=O) groups excluding carboxylic acids is 9. The number of rotatable bonds is 67. The maximum absolute atomic E-state index is 14.5. The number of benzene rings is 4. The monoisotopic (exact) mass is 1880 g/mol. The molecule has 6 rings (SSSR count). The van der Waals surface area contributed by atoms with E-state index in [1.165, 1.54) is 30.0 Å². The van der Waals surface area contributed by atoms with E-state index in [0.717, 1.165) is 11.1 Å². The van der Waals surface area contributed by atoms with Crippen LogP contribution in [0.15, 0.2) is 109 Å². The van der Waals surface area contributed by atoms with Crippen LogP contribution in [0.4, 0.5) is 21.9 Å². The number of aromatic amines is 1. The highest BCUT2D eigenvalue weighted by molar-refractivity contribution is 6.01. The number of anilines is 3. The van der Waals surface area contributed by atoms with Gasteiger partial charge in [-0.1, -0.05) is 135 Å². The van der Waals surface area contributed by atoms with Gasteiger partial charge in [-0.25, -0.2) is 9.59 Å². The van der Waals surface area contributed by atoms with E-state index in [9.17, 15) is 63.0 Å². The fourth-order valence-electron chi connectivity index (χ4n) is 14.1. The lowest BCUT2D eigenvalue weighted by molar-refractivity contribution is -0.141. The molecule has 0 fully saturated rings. The van der Waals surface area contributed by atoms with Gasteiger partial charge in [0.2, 0.25) is 47.3 Å². The van der Waals surface area contributed by atoms with Crippen LogP contribution in [0.5, 0.6) is 0 Å². The molecule has 0 aliphatic carbocycles. The summed E-state index contributed by atoms with van der Waals surface area (Å²) in [6, 6.07) is 21.2. The number of nitrogens with zero attached hydrogens (tertiary/aromatic N) is 4. The Balaban J connectivity index is 0.957. The molecule has 0 radical (unpaired) electrons. The minimum absolute atomic E-state index is 0.0300. The fourth-order valence-corrected chi connectivity index (χ4v) is 14.1. The van der Waals surface area contributed by atoms with E-state index in [2.05, 4.69) is 57.9 Å². The molecule has 0 saturated carbocycles. The molecule has 134 heavy (non-hydrogen) atoms. The number of carboxylic acids is 2. The molecule has 0 unspecified atom stereocenters. The third kappa shape index (κ3) is 40.4. The second-order valence-electron chi connectivity index (χ2n) is 34.1. The van der Waals surface area contributed by atoms with E-state index in [0.29, 0.717) is 165 Å². The lowest BCUT2D eigenvalue weighted by atomic mass is 9.76. The van der Waals surface area contributed by atoms with Gasteiger partial charge in [-0.2, -0.15) is 15.4 Å². The summed E-state index contributed by atoms with van der Waals surface area (Å²) in [7, 11) is 4.83. The van der Waals surface area contributed by atoms with Gasteiger partial charge in [0.15, 0.2) is 0 Å². The highest BCUT2D eigenvalue weighted by Gasteiger charge is 2.43. The molecule has 9 amide bonds. The molecular weight excluding hydrogens is 1740 g/mol. The normalized spacial score (nSPS) is 13.5. The predicted molar refractivity (Wildman–Crippen MR) is 498 cm³/mol. The molecule has 1 aromatic heterocycles. The third-order valence-electron chi connectivity index (χ3n) is 21.6. The van der Waals surface area contributed by atoms with Crippen molar-refractivity contribution in [1.82, 2.24) is 52.2 Å². The Hall–Kier alpha value is -10.8. The van der Waals surface area contributed by atoms with Crippen molar-refractivity contribution in [1.29, 1.82) is 0 Å². The maximum Gasteiger partial charge on any atom is 0.411 e. The zero-order valence-corrected chi connectivity index (χ0v) is 79.7. The number of carboxylic acid groups (broad SMARTS) is 2. The van der Waals surface area contributed by atoms with Crippen molar-refractivity contribution in [3.8, 4) is 22.5 Å². The highest BCUT2D eigenvalue weighted by Crippen LogP contribution is 2.40. The molecule has 0 bridgehead atoms. The van der Waals surface area contributed by atoms with E-state index >= 15 is 0 Å². The van der Waals surface area contributed by atoms with Crippen molar-refractivity contribution in [3.05, 3.63) is 125 Å². The van der Waals surface area contributed by atoms with Gasteiger partial charge in [-0.15, -0.1) is 0 Å². The van der Waals surface area contributed by atoms with Gasteiger partial charge in [0.1, 0.15) is 42.2 Å². The number of carbonyl (C=O) groups is 11. The third-order valence-corrected chi connectivity index (χ3v) is 21.6. The number of aliphatic carboxylic acids is 2. The van der Waals surface area contributed by atoms with Crippen molar-refractivity contribution in [3.63, 3.8) is 0 Å². The van der Waals surface area contributed by atoms with E-state index in [4.69, 9.17) is 61.6 Å². The Bertz CT molecular complexity index is 4470. The van der Waals surface area contributed by atoms with Crippen LogP contribution in [0.1, 0.15) is 131 Å². The van der Waals surface area contributed by atoms with Crippen LogP contribution in [0, 0.1) is 17.3 Å². The van der Waals surface area contributed by atoms with Gasteiger partial charge < -0.3 is 119 Å². The standard InChI is InChI=1S/C95H141N13O26/c1-64(2)77(59-66(5)92(119)120)107(12)91(118)86(94(6,7)8)103-90(117)85(96-11)95(9,10)69-22-20-23-71(60-69)99-93(121)134-63-67-29-31-70(32-30-67)98-87(114)74(33-34-81(112)113)101-89(116)82(65(3)4)102-88(115)75(100-79(110)27-18-19-28-80(111)108-62-68-21-14-15-24-72(68)83-84(105-106-104-83)73-25-16-17-26-76(73)108)61-97-78(109)35-36-123-39-40-125-43-44-127-47-48-129-51-52-131-55-56-133-58-57-132-54-53-130-50-49-128-46-45-126-42-41-124-38-37-122-13/h14-17,20-26,29-32,59-60,64-65,74-75,77,82,85-86,96H,18-19,27-28,33-58,61-63H2,1-13H3,(H,97,109)(H,98,114)(H,99,121)(H,100,110)(H,101,116)(H,102,115)(H,103,117)(H,112,113)(H,119,120)(H,104,105,106)/b66-59+/t74-,75-,77+,82-,85+,86+/m0/s1. The number of H-pyrrole nitrogens is 1. The van der Waals surface area contributed by atoms with Crippen LogP contribution in [0.25, 0.3) is 22.5 Å². The van der Waals surface area contributed by atoms with Crippen LogP contribution < -0.4 is 47.4 Å². The van der Waals surface area contributed by atoms with Crippen molar-refractivity contribution < 1.29 is 125 Å². The average molecular weight is 1880 g/mol. The number of hydrogen-bond acceptors (Lipinski definition) is 27. The molecule has 39 nitrogen and oxygen atoms in total. The largest absolute Gasteiger partial charge is 0.481 e. The SMILES string of the molecule is CN[C@H](C(=O)N[C@H](C(=O)N(C)[C@H](/C=C(\C)C(=O)O)C(C)C)C(C)(C)C)C(C)(C)c1cccc(NC(=O)OCc2ccc(NC(=O)[C@H](CCC(=O)O)NC(=O)[C@@H](NC(=O)[C@H](CNC(=O)CCOCCOCCOCCOCCOCCOCCOCCOCCOCCOCCOCCOC)NC(=O)CCCCC(=O)N3Cc4ccccc4-c4n[nH]nc4-c4ccccc43)C(C)C)cc2)c1. The lowest BCUT2D eigenvalue weighted by Crippen LogP contribution is -2.61. The van der Waals surface area contributed by atoms with Crippen LogP contribution in [0.3, 0.4) is 0 Å². The summed E-state index contributed by atoms with van der Waals surface area (Å²) in [5.41, 5.74) is 4.30. The Morgan fingerprint density at radius 1 is 0.515 bits per heavy atom. The number of hydrogen-bond donors (Lipinski definition) is 11. The summed E-state index contributed by atoms with van der Waals surface area (Å²) in [6.07, 6.45) is 0.00570. The fraction of sp³-hybridized carbons (Fsp3) is 0.589. The zero-order chi connectivity index (χ0) is 97.8. The summed E-state index contributed by atoms with van der Waals surface area (Å²) < 4.78 is 71.3. The average Bonchev–Trinajstić information content (AvgIpc) is 1.53. The van der Waals surface area contributed by atoms with Gasteiger partial charge in [0, 0.05) is 79.9 Å². The molecular formula is C95H141N13O26. The van der Waals surface area contributed by atoms with E-state index in [1.807, 2.05) is 97.0 Å². The predicted octanol–water partition coefficient (Wildman–Crippen LogP) is 7.15. The number of ether oxygens (including phenoxy) is 13. The van der Waals surface area contributed by atoms with Gasteiger partial charge >= 0.3 is 18.0 Å². The number of amides is 9. The Morgan fingerprint density at radius 3 is 1.54 bits per heavy atom. The molecule has 2 heterocycles. The molecule has 11 N–H and O–H groups in total. The van der Waals surface area contributed by atoms with Gasteiger partial charge in [-0.3, -0.25) is 48.5 Å². The first kappa shape index (κ1) is 112. The smallest absolute Gasteiger partial charge is 0.411 e. The highest BCUT2D eigenvalue weighted by atomic mass is 16.6. The first-order valence-electron chi connectivity index (χ1n) is 45.5. The summed E-state index contributed by atoms with van der Waals surface area (Å²) in [5, 5.41) is 53.2. The summed E-state index contributed by atoms with van der Waals surface area (Å²) in [4.78, 5) is 153. The quantitative estimate of drug-likeness (QED) is 0.0136. The Labute approximate surface area is 784 Å². The molecule has 1 aliphatic heterocycles. The van der Waals surface area contributed by atoms with Crippen LogP contribution in [-0.4, -0.2) is 312 Å². The second kappa shape index (κ2) is 61.3. The summed E-state index contributed by atoms with van der Waals surface area (Å²) >= 11 is 0. The minimum Gasteiger partial charge on any atom is -0.481 e. The Morgan fingerprint density at radius 2 is 1.03 bits per heavy atom. The number of unbranched alkanes of at least 4 members (excludes halogenated alkanes) is 1. The topological polar surface area (TPSA) is 493 Å². The molecule has 0 saturated heterocycles. The molecule has 1 aliphatic rings. The van der Waals surface area contributed by atoms with Crippen molar-refractivity contribution >= 4 is 82.4 Å². The molecule has 39 heteroatoms. The number of fused-ring (bicyclic) bond motifs is 5. The number of nitrogens with one attached hydrogen (secondary N) is 9. The van der Waals surface area contributed by atoms with Gasteiger partial charge in [0.05, 0.1) is 176 Å². The van der Waals surface area contributed by atoms with Gasteiger partial charge in [-0.05, 0) is 97.5 Å². The Kier molecular flexibility index (Phi) is 51.2. The minimum atomic E-state index is -1.47. The van der Waals surface area contributed by atoms with Crippen LogP contribution in [0.2, 0.25) is 0 Å². The molecule has 742 valence electrons. The summed E-state index contributed by atoms with van der Waals surface area (Å²) in [5.74, 6) is -8.00.